The number of unbranched alkanes of at least 4 members (excludes halogenated alkanes) is 6. The topological polar surface area (TPSA) is 49.8 Å². The molecule has 1 atom stereocenters. The van der Waals surface area contributed by atoms with Crippen LogP contribution in [-0.4, -0.2) is 30.3 Å². The second-order valence-corrected chi connectivity index (χ2v) is 7.69. The highest BCUT2D eigenvalue weighted by molar-refractivity contribution is 9.10. The summed E-state index contributed by atoms with van der Waals surface area (Å²) < 4.78 is 6.95. The van der Waals surface area contributed by atoms with E-state index < -0.39 is 12.0 Å². The molecule has 1 saturated heterocycles. The van der Waals surface area contributed by atoms with Gasteiger partial charge in [0.05, 0.1) is 12.3 Å². The van der Waals surface area contributed by atoms with E-state index in [4.69, 9.17) is 4.74 Å². The Hall–Kier alpha value is -1.23. The molecule has 1 N–H and O–H groups in total. The Morgan fingerprint density at radius 1 is 1.24 bits per heavy atom. The molecule has 0 spiro atoms. The van der Waals surface area contributed by atoms with Crippen LogP contribution in [0.3, 0.4) is 0 Å². The summed E-state index contributed by atoms with van der Waals surface area (Å²) in [5.74, 6) is 0.0397. The van der Waals surface area contributed by atoms with E-state index >= 15 is 0 Å². The molecule has 0 saturated carbocycles. The molecular weight excluding hydrogens is 382 g/mol. The van der Waals surface area contributed by atoms with Crippen molar-refractivity contribution < 1.29 is 14.6 Å². The first-order valence-electron chi connectivity index (χ1n) is 9.55. The van der Waals surface area contributed by atoms with Gasteiger partial charge < -0.3 is 14.7 Å². The van der Waals surface area contributed by atoms with Crippen molar-refractivity contribution >= 4 is 27.6 Å². The summed E-state index contributed by atoms with van der Waals surface area (Å²) in [5.41, 5.74) is 0.891. The Morgan fingerprint density at radius 2 is 1.96 bits per heavy atom. The van der Waals surface area contributed by atoms with Crippen LogP contribution in [-0.2, 0) is 4.79 Å². The summed E-state index contributed by atoms with van der Waals surface area (Å²) in [6.45, 7) is 3.69. The van der Waals surface area contributed by atoms with Crippen molar-refractivity contribution in [2.75, 3.05) is 18.1 Å². The fraction of sp³-hybridized carbons (Fsp3) is 0.650. The van der Waals surface area contributed by atoms with Crippen molar-refractivity contribution in [1.29, 1.82) is 0 Å². The van der Waals surface area contributed by atoms with E-state index in [1.165, 1.54) is 38.5 Å². The average Bonchev–Trinajstić information content (AvgIpc) is 3.08. The molecule has 25 heavy (non-hydrogen) atoms. The van der Waals surface area contributed by atoms with E-state index in [0.29, 0.717) is 13.0 Å². The van der Waals surface area contributed by atoms with Gasteiger partial charge in [-0.25, -0.2) is 4.79 Å². The predicted molar refractivity (Wildman–Crippen MR) is 106 cm³/mol. The van der Waals surface area contributed by atoms with Crippen LogP contribution < -0.4 is 9.64 Å². The minimum atomic E-state index is -0.754. The van der Waals surface area contributed by atoms with Crippen LogP contribution in [0.15, 0.2) is 22.7 Å². The fourth-order valence-corrected chi connectivity index (χ4v) is 3.74. The van der Waals surface area contributed by atoms with E-state index in [9.17, 15) is 9.90 Å². The predicted octanol–water partition coefficient (Wildman–Crippen LogP) is 5.63. The summed E-state index contributed by atoms with van der Waals surface area (Å²) in [4.78, 5) is 13.5. The van der Waals surface area contributed by atoms with Crippen LogP contribution in [0.4, 0.5) is 5.69 Å². The first-order chi connectivity index (χ1) is 12.1. The maximum Gasteiger partial charge on any atom is 0.326 e. The Bertz CT molecular complexity index is 550. The number of rotatable bonds is 11. The molecule has 1 aromatic rings. The number of carbonyl (C=O) groups is 1. The van der Waals surface area contributed by atoms with Gasteiger partial charge in [0.2, 0.25) is 0 Å². The number of benzene rings is 1. The standard InChI is InChI=1S/C20H30BrNO3/c1-2-3-4-5-6-7-8-14-25-19-12-11-16(21)15-18(19)22-13-9-10-17(22)20(23)24/h11-12,15,17H,2-10,13-14H2,1H3,(H,23,24)/t17-/m0/s1. The van der Waals surface area contributed by atoms with Crippen LogP contribution in [0.1, 0.15) is 64.7 Å². The first kappa shape index (κ1) is 20.1. The summed E-state index contributed by atoms with van der Waals surface area (Å²) in [7, 11) is 0. The Kier molecular flexibility index (Phi) is 8.59. The Labute approximate surface area is 159 Å². The van der Waals surface area contributed by atoms with Gasteiger partial charge in [0.15, 0.2) is 0 Å². The van der Waals surface area contributed by atoms with Gasteiger partial charge in [0.1, 0.15) is 11.8 Å². The molecule has 1 aromatic carbocycles. The van der Waals surface area contributed by atoms with Gasteiger partial charge in [-0.15, -0.1) is 0 Å². The summed E-state index contributed by atoms with van der Waals surface area (Å²) >= 11 is 3.49. The molecule has 1 aliphatic heterocycles. The second kappa shape index (κ2) is 10.7. The van der Waals surface area contributed by atoms with E-state index in [1.54, 1.807) is 0 Å². The molecule has 0 radical (unpaired) electrons. The van der Waals surface area contributed by atoms with Crippen molar-refractivity contribution in [2.24, 2.45) is 0 Å². The summed E-state index contributed by atoms with van der Waals surface area (Å²) in [6, 6.07) is 5.42. The van der Waals surface area contributed by atoms with Crippen LogP contribution >= 0.6 is 15.9 Å². The zero-order chi connectivity index (χ0) is 18.1. The van der Waals surface area contributed by atoms with Crippen molar-refractivity contribution in [2.45, 2.75) is 70.8 Å². The number of nitrogens with zero attached hydrogens (tertiary/aromatic N) is 1. The third-order valence-corrected chi connectivity index (χ3v) is 5.27. The highest BCUT2D eigenvalue weighted by Gasteiger charge is 2.32. The number of halogens is 1. The number of carboxylic acids is 1. The van der Waals surface area contributed by atoms with Crippen molar-refractivity contribution in [3.8, 4) is 5.75 Å². The average molecular weight is 412 g/mol. The molecule has 0 aromatic heterocycles. The van der Waals surface area contributed by atoms with E-state index in [-0.39, 0.29) is 0 Å². The molecular formula is C20H30BrNO3. The van der Waals surface area contributed by atoms with Crippen LogP contribution in [0.25, 0.3) is 0 Å². The first-order valence-corrected chi connectivity index (χ1v) is 10.3. The number of aliphatic carboxylic acids is 1. The van der Waals surface area contributed by atoms with Gasteiger partial charge in [-0.2, -0.15) is 0 Å². The van der Waals surface area contributed by atoms with Gasteiger partial charge in [-0.3, -0.25) is 0 Å². The van der Waals surface area contributed by atoms with E-state index in [2.05, 4.69) is 22.9 Å². The molecule has 4 nitrogen and oxygen atoms in total. The maximum atomic E-state index is 11.5. The van der Waals surface area contributed by atoms with Crippen LogP contribution in [0, 0.1) is 0 Å². The molecule has 0 amide bonds. The lowest BCUT2D eigenvalue weighted by molar-refractivity contribution is -0.138. The zero-order valence-corrected chi connectivity index (χ0v) is 16.8. The SMILES string of the molecule is CCCCCCCCCOc1ccc(Br)cc1N1CCC[C@H]1C(=O)O. The monoisotopic (exact) mass is 411 g/mol. The van der Waals surface area contributed by atoms with Crippen LogP contribution in [0.5, 0.6) is 5.75 Å². The molecule has 1 fully saturated rings. The minimum absolute atomic E-state index is 0.449. The lowest BCUT2D eigenvalue weighted by atomic mass is 10.1. The molecule has 140 valence electrons. The quantitative estimate of drug-likeness (QED) is 0.479. The number of anilines is 1. The van der Waals surface area contributed by atoms with Crippen molar-refractivity contribution in [1.82, 2.24) is 0 Å². The second-order valence-electron chi connectivity index (χ2n) is 6.77. The number of hydrogen-bond acceptors (Lipinski definition) is 3. The lowest BCUT2D eigenvalue weighted by Crippen LogP contribution is -2.36. The van der Waals surface area contributed by atoms with Gasteiger partial charge in [-0.05, 0) is 37.5 Å². The van der Waals surface area contributed by atoms with Gasteiger partial charge in [-0.1, -0.05) is 61.4 Å². The van der Waals surface area contributed by atoms with Gasteiger partial charge in [0, 0.05) is 11.0 Å². The van der Waals surface area contributed by atoms with Crippen molar-refractivity contribution in [3.05, 3.63) is 22.7 Å². The third kappa shape index (κ3) is 6.21. The smallest absolute Gasteiger partial charge is 0.326 e. The Morgan fingerprint density at radius 3 is 2.68 bits per heavy atom. The highest BCUT2D eigenvalue weighted by Crippen LogP contribution is 2.36. The van der Waals surface area contributed by atoms with E-state index in [1.807, 2.05) is 23.1 Å². The number of ether oxygens (including phenoxy) is 1. The minimum Gasteiger partial charge on any atom is -0.491 e. The molecule has 1 heterocycles. The maximum absolute atomic E-state index is 11.5. The number of carboxylic acid groups (broad SMARTS) is 1. The van der Waals surface area contributed by atoms with Gasteiger partial charge in [0.25, 0.3) is 0 Å². The van der Waals surface area contributed by atoms with E-state index in [0.717, 1.165) is 35.3 Å². The summed E-state index contributed by atoms with van der Waals surface area (Å²) in [6.07, 6.45) is 10.4. The van der Waals surface area contributed by atoms with Gasteiger partial charge >= 0.3 is 5.97 Å². The molecule has 2 rings (SSSR count). The summed E-state index contributed by atoms with van der Waals surface area (Å²) in [5, 5.41) is 9.45. The number of hydrogen-bond donors (Lipinski definition) is 1. The largest absolute Gasteiger partial charge is 0.491 e. The van der Waals surface area contributed by atoms with Crippen LogP contribution in [0.2, 0.25) is 0 Å². The molecule has 1 aliphatic rings. The lowest BCUT2D eigenvalue weighted by Gasteiger charge is -2.26. The molecule has 5 heteroatoms. The fourth-order valence-electron chi connectivity index (χ4n) is 3.39. The zero-order valence-electron chi connectivity index (χ0n) is 15.2. The van der Waals surface area contributed by atoms with Crippen molar-refractivity contribution in [3.63, 3.8) is 0 Å². The molecule has 0 aliphatic carbocycles. The molecule has 0 bridgehead atoms. The Balaban J connectivity index is 1.87. The highest BCUT2D eigenvalue weighted by atomic mass is 79.9. The third-order valence-electron chi connectivity index (χ3n) is 4.77. The molecule has 0 unspecified atom stereocenters. The normalized spacial score (nSPS) is 17.0.